The summed E-state index contributed by atoms with van der Waals surface area (Å²) in [5.74, 6) is -0.984. The van der Waals surface area contributed by atoms with Gasteiger partial charge in [0, 0.05) is 12.5 Å². The Morgan fingerprint density at radius 3 is 2.61 bits per heavy atom. The third-order valence-electron chi connectivity index (χ3n) is 4.20. The number of ketones is 1. The Bertz CT molecular complexity index is 493. The minimum atomic E-state index is -0.580. The lowest BCUT2D eigenvalue weighted by atomic mass is 9.63. The van der Waals surface area contributed by atoms with E-state index in [0.717, 1.165) is 43.9 Å². The molecule has 1 spiro atoms. The number of rotatable bonds is 2. The van der Waals surface area contributed by atoms with Crippen molar-refractivity contribution in [3.05, 3.63) is 29.8 Å². The number of hydrogen-bond acceptors (Lipinski definition) is 2. The van der Waals surface area contributed by atoms with Gasteiger partial charge in [0.05, 0.1) is 5.41 Å². The van der Waals surface area contributed by atoms with E-state index in [1.54, 1.807) is 0 Å². The molecule has 1 aromatic carbocycles. The van der Waals surface area contributed by atoms with Gasteiger partial charge >= 0.3 is 0 Å². The molecule has 0 bridgehead atoms. The SMILES string of the molecule is O=C1CC(Oc2cc(F)ccc2F)C12CCCC2. The zero-order valence-electron chi connectivity index (χ0n) is 9.92. The zero-order valence-corrected chi connectivity index (χ0v) is 9.92. The lowest BCUT2D eigenvalue weighted by Gasteiger charge is -2.44. The molecular weight excluding hydrogens is 238 g/mol. The molecule has 0 saturated heterocycles. The van der Waals surface area contributed by atoms with E-state index in [1.807, 2.05) is 0 Å². The van der Waals surface area contributed by atoms with E-state index in [9.17, 15) is 13.6 Å². The number of ether oxygens (including phenoxy) is 1. The largest absolute Gasteiger partial charge is 0.486 e. The lowest BCUT2D eigenvalue weighted by molar-refractivity contribution is -0.151. The van der Waals surface area contributed by atoms with E-state index in [4.69, 9.17) is 4.74 Å². The van der Waals surface area contributed by atoms with E-state index in [0.29, 0.717) is 6.42 Å². The summed E-state index contributed by atoms with van der Waals surface area (Å²) in [6, 6.07) is 3.15. The van der Waals surface area contributed by atoms with Crippen LogP contribution in [0.25, 0.3) is 0 Å². The summed E-state index contributed by atoms with van der Waals surface area (Å²) >= 11 is 0. The molecule has 0 amide bonds. The Kier molecular flexibility index (Phi) is 2.61. The number of carbonyl (C=O) groups excluding carboxylic acids is 1. The molecule has 1 unspecified atom stereocenters. The Hall–Kier alpha value is -1.45. The predicted molar refractivity (Wildman–Crippen MR) is 61.3 cm³/mol. The molecular formula is C14H14F2O2. The van der Waals surface area contributed by atoms with Gasteiger partial charge < -0.3 is 4.74 Å². The first-order valence-corrected chi connectivity index (χ1v) is 6.27. The van der Waals surface area contributed by atoms with Gasteiger partial charge in [-0.05, 0) is 25.0 Å². The highest BCUT2D eigenvalue weighted by Crippen LogP contribution is 2.52. The number of halogens is 2. The standard InChI is InChI=1S/C14H14F2O2/c15-9-3-4-10(16)11(7-9)18-13-8-12(17)14(13)5-1-2-6-14/h3-4,7,13H,1-2,5-6,8H2. The van der Waals surface area contributed by atoms with Gasteiger partial charge in [-0.3, -0.25) is 4.79 Å². The molecule has 2 fully saturated rings. The molecule has 1 aromatic rings. The summed E-state index contributed by atoms with van der Waals surface area (Å²) in [6.07, 6.45) is 3.68. The first-order valence-electron chi connectivity index (χ1n) is 6.27. The third kappa shape index (κ3) is 1.62. The molecule has 0 N–H and O–H groups in total. The fourth-order valence-corrected chi connectivity index (χ4v) is 3.10. The van der Waals surface area contributed by atoms with Crippen molar-refractivity contribution in [2.75, 3.05) is 0 Å². The monoisotopic (exact) mass is 252 g/mol. The van der Waals surface area contributed by atoms with Gasteiger partial charge in [0.1, 0.15) is 17.7 Å². The molecule has 4 heteroatoms. The molecule has 0 radical (unpaired) electrons. The second-order valence-electron chi connectivity index (χ2n) is 5.17. The van der Waals surface area contributed by atoms with Crippen molar-refractivity contribution in [3.8, 4) is 5.75 Å². The fraction of sp³-hybridized carbons (Fsp3) is 0.500. The summed E-state index contributed by atoms with van der Waals surface area (Å²) in [4.78, 5) is 11.8. The van der Waals surface area contributed by atoms with Crippen LogP contribution in [0.1, 0.15) is 32.1 Å². The molecule has 96 valence electrons. The lowest BCUT2D eigenvalue weighted by Crippen LogP contribution is -2.55. The molecule has 2 aliphatic rings. The number of carbonyl (C=O) groups is 1. The van der Waals surface area contributed by atoms with Crippen molar-refractivity contribution in [2.24, 2.45) is 5.41 Å². The van der Waals surface area contributed by atoms with Crippen LogP contribution in [-0.4, -0.2) is 11.9 Å². The van der Waals surface area contributed by atoms with Crippen LogP contribution in [0.5, 0.6) is 5.75 Å². The van der Waals surface area contributed by atoms with Crippen LogP contribution in [0.2, 0.25) is 0 Å². The van der Waals surface area contributed by atoms with Crippen molar-refractivity contribution in [3.63, 3.8) is 0 Å². The first kappa shape index (κ1) is 11.6. The summed E-state index contributed by atoms with van der Waals surface area (Å²) in [7, 11) is 0. The van der Waals surface area contributed by atoms with Gasteiger partial charge in [0.15, 0.2) is 11.6 Å². The third-order valence-corrected chi connectivity index (χ3v) is 4.20. The van der Waals surface area contributed by atoms with Crippen LogP contribution in [0.4, 0.5) is 8.78 Å². The number of hydrogen-bond donors (Lipinski definition) is 0. The second-order valence-corrected chi connectivity index (χ2v) is 5.17. The molecule has 18 heavy (non-hydrogen) atoms. The highest BCUT2D eigenvalue weighted by atomic mass is 19.1. The summed E-state index contributed by atoms with van der Waals surface area (Å²) in [5, 5.41) is 0. The maximum absolute atomic E-state index is 13.5. The van der Waals surface area contributed by atoms with Gasteiger partial charge in [-0.15, -0.1) is 0 Å². The highest BCUT2D eigenvalue weighted by molar-refractivity contribution is 5.92. The van der Waals surface area contributed by atoms with Gasteiger partial charge in [0.25, 0.3) is 0 Å². The average Bonchev–Trinajstić information content (AvgIpc) is 2.85. The molecule has 0 heterocycles. The van der Waals surface area contributed by atoms with Crippen LogP contribution in [0.15, 0.2) is 18.2 Å². The van der Waals surface area contributed by atoms with Crippen molar-refractivity contribution in [2.45, 2.75) is 38.2 Å². The molecule has 2 aliphatic carbocycles. The molecule has 0 aliphatic heterocycles. The normalized spacial score (nSPS) is 25.2. The minimum Gasteiger partial charge on any atom is -0.486 e. The fourth-order valence-electron chi connectivity index (χ4n) is 3.10. The summed E-state index contributed by atoms with van der Waals surface area (Å²) < 4.78 is 32.1. The Morgan fingerprint density at radius 1 is 1.22 bits per heavy atom. The maximum atomic E-state index is 13.5. The first-order chi connectivity index (χ1) is 8.62. The van der Waals surface area contributed by atoms with E-state index < -0.39 is 17.0 Å². The van der Waals surface area contributed by atoms with Crippen LogP contribution < -0.4 is 4.74 Å². The van der Waals surface area contributed by atoms with Crippen molar-refractivity contribution in [1.82, 2.24) is 0 Å². The Balaban J connectivity index is 1.81. The maximum Gasteiger partial charge on any atom is 0.165 e. The molecule has 1 atom stereocenters. The van der Waals surface area contributed by atoms with Crippen LogP contribution >= 0.6 is 0 Å². The van der Waals surface area contributed by atoms with Crippen LogP contribution in [-0.2, 0) is 4.79 Å². The van der Waals surface area contributed by atoms with E-state index in [-0.39, 0.29) is 17.6 Å². The molecule has 3 rings (SSSR count). The number of Topliss-reactive ketones (excluding diaryl/α,β-unsaturated/α-hetero) is 1. The highest BCUT2D eigenvalue weighted by Gasteiger charge is 2.57. The van der Waals surface area contributed by atoms with Gasteiger partial charge in [-0.2, -0.15) is 0 Å². The minimum absolute atomic E-state index is 0.0845. The van der Waals surface area contributed by atoms with Gasteiger partial charge in [-0.1, -0.05) is 12.8 Å². The van der Waals surface area contributed by atoms with E-state index in [2.05, 4.69) is 0 Å². The smallest absolute Gasteiger partial charge is 0.165 e. The van der Waals surface area contributed by atoms with Crippen molar-refractivity contribution >= 4 is 5.78 Å². The second kappa shape index (κ2) is 4.04. The molecule has 2 nitrogen and oxygen atoms in total. The molecule has 0 aromatic heterocycles. The van der Waals surface area contributed by atoms with Gasteiger partial charge in [0.2, 0.25) is 0 Å². The van der Waals surface area contributed by atoms with Crippen molar-refractivity contribution < 1.29 is 18.3 Å². The summed E-state index contributed by atoms with van der Waals surface area (Å²) in [5.41, 5.74) is -0.418. The Morgan fingerprint density at radius 2 is 1.94 bits per heavy atom. The number of benzene rings is 1. The quantitative estimate of drug-likeness (QED) is 0.807. The van der Waals surface area contributed by atoms with E-state index >= 15 is 0 Å². The van der Waals surface area contributed by atoms with Crippen LogP contribution in [0, 0.1) is 17.0 Å². The Labute approximate surface area is 104 Å². The summed E-state index contributed by atoms with van der Waals surface area (Å²) in [6.45, 7) is 0. The van der Waals surface area contributed by atoms with Gasteiger partial charge in [-0.25, -0.2) is 8.78 Å². The van der Waals surface area contributed by atoms with Crippen LogP contribution in [0.3, 0.4) is 0 Å². The topological polar surface area (TPSA) is 26.3 Å². The van der Waals surface area contributed by atoms with Crippen molar-refractivity contribution in [1.29, 1.82) is 0 Å². The zero-order chi connectivity index (χ0) is 12.8. The van der Waals surface area contributed by atoms with E-state index in [1.165, 1.54) is 0 Å². The molecule has 2 saturated carbocycles. The average molecular weight is 252 g/mol. The predicted octanol–water partition coefficient (Wildman–Crippen LogP) is 3.25.